The molecule has 1 aromatic carbocycles. The maximum atomic E-state index is 13.3. The Balaban J connectivity index is 1.50. The van der Waals surface area contributed by atoms with Crippen molar-refractivity contribution in [3.8, 4) is 0 Å². The van der Waals surface area contributed by atoms with Crippen molar-refractivity contribution in [1.29, 1.82) is 0 Å². The minimum Gasteiger partial charge on any atom is -0.338 e. The minimum absolute atomic E-state index is 0.00619. The average Bonchev–Trinajstić information content (AvgIpc) is 3.32. The molecule has 0 saturated carbocycles. The summed E-state index contributed by atoms with van der Waals surface area (Å²) in [6.45, 7) is 7.46. The number of rotatable bonds is 1. The predicted octanol–water partition coefficient (Wildman–Crippen LogP) is 2.46. The fourth-order valence-corrected chi connectivity index (χ4v) is 4.86. The summed E-state index contributed by atoms with van der Waals surface area (Å²) in [6.07, 6.45) is 3.43. The van der Waals surface area contributed by atoms with E-state index < -0.39 is 0 Å². The van der Waals surface area contributed by atoms with Crippen LogP contribution in [0.2, 0.25) is 0 Å². The molecule has 30 heavy (non-hydrogen) atoms. The number of carbonyl (C=O) groups excluding carboxylic acids is 1. The monoisotopic (exact) mass is 406 g/mol. The lowest BCUT2D eigenvalue weighted by Crippen LogP contribution is -2.48. The van der Waals surface area contributed by atoms with E-state index in [2.05, 4.69) is 41.2 Å². The predicted molar refractivity (Wildman–Crippen MR) is 113 cm³/mol. The number of aromatic amines is 2. The second-order valence-corrected chi connectivity index (χ2v) is 9.63. The second kappa shape index (κ2) is 6.48. The van der Waals surface area contributed by atoms with Crippen LogP contribution < -0.4 is 5.56 Å². The molecule has 1 aliphatic heterocycles. The van der Waals surface area contributed by atoms with Crippen molar-refractivity contribution in [2.75, 3.05) is 13.1 Å². The van der Waals surface area contributed by atoms with Gasteiger partial charge in [-0.15, -0.1) is 0 Å². The minimum atomic E-state index is -0.241. The first-order valence-electron chi connectivity index (χ1n) is 10.5. The highest BCUT2D eigenvalue weighted by Gasteiger charge is 2.46. The molecule has 3 aromatic rings. The zero-order chi connectivity index (χ0) is 21.1. The van der Waals surface area contributed by atoms with Crippen LogP contribution in [-0.2, 0) is 17.3 Å². The number of hydrogen-bond acceptors (Lipinski definition) is 5. The van der Waals surface area contributed by atoms with Gasteiger partial charge in [0, 0.05) is 35.0 Å². The van der Waals surface area contributed by atoms with E-state index in [0.29, 0.717) is 30.0 Å². The number of fused-ring (bicyclic) bond motifs is 3. The number of amides is 1. The van der Waals surface area contributed by atoms with Crippen LogP contribution in [0.5, 0.6) is 0 Å². The van der Waals surface area contributed by atoms with Crippen molar-refractivity contribution >= 4 is 16.9 Å². The molecule has 1 saturated heterocycles. The number of aromatic nitrogens is 5. The van der Waals surface area contributed by atoms with Gasteiger partial charge in [0.15, 0.2) is 0 Å². The molecule has 1 aliphatic carbocycles. The Morgan fingerprint density at radius 2 is 1.97 bits per heavy atom. The van der Waals surface area contributed by atoms with Gasteiger partial charge in [0.1, 0.15) is 16.9 Å². The highest BCUT2D eigenvalue weighted by atomic mass is 16.2. The molecule has 1 spiro atoms. The van der Waals surface area contributed by atoms with Crippen LogP contribution >= 0.6 is 0 Å². The highest BCUT2D eigenvalue weighted by molar-refractivity contribution is 5.97. The number of carbonyl (C=O) groups is 1. The number of hydrogen-bond donors (Lipinski definition) is 2. The molecular weight excluding hydrogens is 380 g/mol. The Kier molecular flexibility index (Phi) is 4.10. The van der Waals surface area contributed by atoms with Crippen molar-refractivity contribution in [2.24, 2.45) is 0 Å². The molecule has 3 heterocycles. The van der Waals surface area contributed by atoms with Gasteiger partial charge in [-0.05, 0) is 43.9 Å². The van der Waals surface area contributed by atoms with Gasteiger partial charge in [0.25, 0.3) is 11.5 Å². The lowest BCUT2D eigenvalue weighted by Gasteiger charge is -2.40. The lowest BCUT2D eigenvalue weighted by molar-refractivity contribution is 0.0633. The van der Waals surface area contributed by atoms with Crippen LogP contribution in [0, 0.1) is 0 Å². The smallest absolute Gasteiger partial charge is 0.254 e. The molecular formula is C22H26N6O2. The number of piperidine rings is 1. The Bertz CT molecular complexity index is 1200. The summed E-state index contributed by atoms with van der Waals surface area (Å²) in [5.41, 5.74) is 3.22. The van der Waals surface area contributed by atoms with E-state index in [4.69, 9.17) is 4.98 Å². The van der Waals surface area contributed by atoms with Crippen molar-refractivity contribution < 1.29 is 4.79 Å². The van der Waals surface area contributed by atoms with Crippen LogP contribution in [0.3, 0.4) is 0 Å². The van der Waals surface area contributed by atoms with E-state index in [9.17, 15) is 9.59 Å². The van der Waals surface area contributed by atoms with Crippen LogP contribution in [-0.4, -0.2) is 49.3 Å². The zero-order valence-electron chi connectivity index (χ0n) is 17.6. The number of nitrogens with zero attached hydrogens (tertiary/aromatic N) is 4. The van der Waals surface area contributed by atoms with Crippen LogP contribution in [0.15, 0.2) is 23.0 Å². The molecule has 8 nitrogen and oxygen atoms in total. The number of likely N-dealkylation sites (tertiary alicyclic amines) is 1. The van der Waals surface area contributed by atoms with Crippen molar-refractivity contribution in [3.63, 3.8) is 0 Å². The molecule has 8 heteroatoms. The summed E-state index contributed by atoms with van der Waals surface area (Å²) in [6, 6.07) is 5.40. The molecule has 0 bridgehead atoms. The molecule has 2 N–H and O–H groups in total. The quantitative estimate of drug-likeness (QED) is 0.645. The maximum absolute atomic E-state index is 13.3. The zero-order valence-corrected chi connectivity index (χ0v) is 17.6. The Morgan fingerprint density at radius 3 is 2.77 bits per heavy atom. The fraction of sp³-hybridized carbons (Fsp3) is 0.500. The van der Waals surface area contributed by atoms with Crippen molar-refractivity contribution in [1.82, 2.24) is 30.3 Å². The lowest BCUT2D eigenvalue weighted by atomic mass is 9.77. The summed E-state index contributed by atoms with van der Waals surface area (Å²) >= 11 is 0. The summed E-state index contributed by atoms with van der Waals surface area (Å²) < 4.78 is 0. The summed E-state index contributed by atoms with van der Waals surface area (Å²) in [4.78, 5) is 35.9. The van der Waals surface area contributed by atoms with E-state index in [1.165, 1.54) is 0 Å². The Hall–Kier alpha value is -3.03. The van der Waals surface area contributed by atoms with E-state index in [1.807, 2.05) is 11.0 Å². The van der Waals surface area contributed by atoms with Gasteiger partial charge < -0.3 is 9.88 Å². The molecule has 1 fully saturated rings. The normalized spacial score (nSPS) is 21.4. The first-order chi connectivity index (χ1) is 14.3. The Morgan fingerprint density at radius 1 is 1.17 bits per heavy atom. The first kappa shape index (κ1) is 19.0. The molecule has 2 aromatic heterocycles. The molecule has 1 amide bonds. The van der Waals surface area contributed by atoms with Crippen molar-refractivity contribution in [2.45, 2.75) is 57.3 Å². The van der Waals surface area contributed by atoms with E-state index >= 15 is 0 Å². The number of benzene rings is 1. The largest absolute Gasteiger partial charge is 0.338 e. The summed E-state index contributed by atoms with van der Waals surface area (Å²) in [5.74, 6) is 0.709. The third kappa shape index (κ3) is 2.93. The topological polar surface area (TPSA) is 108 Å². The van der Waals surface area contributed by atoms with Gasteiger partial charge in [-0.2, -0.15) is 15.4 Å². The van der Waals surface area contributed by atoms with Gasteiger partial charge >= 0.3 is 0 Å². The van der Waals surface area contributed by atoms with Crippen molar-refractivity contribution in [3.05, 3.63) is 51.2 Å². The van der Waals surface area contributed by atoms with E-state index in [-0.39, 0.29) is 22.3 Å². The highest BCUT2D eigenvalue weighted by Crippen LogP contribution is 2.43. The Labute approximate surface area is 174 Å². The van der Waals surface area contributed by atoms with Crippen LogP contribution in [0.25, 0.3) is 11.0 Å². The number of nitrogens with one attached hydrogen (secondary N) is 2. The van der Waals surface area contributed by atoms with Crippen LogP contribution in [0.4, 0.5) is 0 Å². The summed E-state index contributed by atoms with van der Waals surface area (Å²) in [5, 5.41) is 10.7. The average molecular weight is 406 g/mol. The number of H-pyrrole nitrogens is 2. The molecule has 5 rings (SSSR count). The van der Waals surface area contributed by atoms with Crippen LogP contribution in [0.1, 0.15) is 67.5 Å². The van der Waals surface area contributed by atoms with E-state index in [0.717, 1.165) is 42.5 Å². The van der Waals surface area contributed by atoms with Gasteiger partial charge in [-0.3, -0.25) is 9.59 Å². The third-order valence-corrected chi connectivity index (χ3v) is 6.51. The fourth-order valence-electron chi connectivity index (χ4n) is 4.86. The second-order valence-electron chi connectivity index (χ2n) is 9.63. The maximum Gasteiger partial charge on any atom is 0.254 e. The standard InChI is InChI=1S/C22H26N6O2/c1-21(2,3)20-23-17-14(18(29)24-20)7-9-22(17)8-4-10-28(12-22)19(30)13-5-6-15-16(11-13)26-27-25-15/h5-6,11H,4,7-10,12H2,1-3H3,(H,23,24,29)(H,25,26,27). The first-order valence-corrected chi connectivity index (χ1v) is 10.5. The molecule has 156 valence electrons. The van der Waals surface area contributed by atoms with E-state index in [1.54, 1.807) is 12.1 Å². The van der Waals surface area contributed by atoms with Gasteiger partial charge in [-0.1, -0.05) is 20.8 Å². The van der Waals surface area contributed by atoms with Gasteiger partial charge in [0.05, 0.1) is 5.69 Å². The summed E-state index contributed by atoms with van der Waals surface area (Å²) in [7, 11) is 0. The van der Waals surface area contributed by atoms with Gasteiger partial charge in [-0.25, -0.2) is 4.98 Å². The SMILES string of the molecule is CC(C)(C)c1nc2c(c(=O)[nH]1)CCC21CCCN(C(=O)c2ccc3n[nH]nc3c2)C1. The third-order valence-electron chi connectivity index (χ3n) is 6.51. The molecule has 1 unspecified atom stereocenters. The molecule has 2 aliphatic rings. The molecule has 1 atom stereocenters. The molecule has 0 radical (unpaired) electrons. The van der Waals surface area contributed by atoms with Gasteiger partial charge in [0.2, 0.25) is 0 Å².